The van der Waals surface area contributed by atoms with Gasteiger partial charge in [-0.25, -0.2) is 9.97 Å². The lowest BCUT2D eigenvalue weighted by Crippen LogP contribution is -3.00. The lowest BCUT2D eigenvalue weighted by molar-refractivity contribution is -0.00000391. The fourth-order valence-corrected chi connectivity index (χ4v) is 1.67. The molecule has 17 heavy (non-hydrogen) atoms. The van der Waals surface area contributed by atoms with Crippen molar-refractivity contribution >= 4 is 5.95 Å². The van der Waals surface area contributed by atoms with E-state index < -0.39 is 0 Å². The van der Waals surface area contributed by atoms with E-state index in [-0.39, 0.29) is 12.4 Å². The molecule has 1 N–H and O–H groups in total. The molecule has 0 saturated heterocycles. The van der Waals surface area contributed by atoms with Crippen LogP contribution >= 0.6 is 0 Å². The van der Waals surface area contributed by atoms with Crippen LogP contribution in [0.4, 0.5) is 5.95 Å². The number of likely N-dealkylation sites (N-methyl/N-ethyl adjacent to an activating group) is 1. The maximum absolute atomic E-state index is 4.34. The lowest BCUT2D eigenvalue weighted by Gasteiger charge is -2.18. The molecule has 1 heterocycles. The summed E-state index contributed by atoms with van der Waals surface area (Å²) in [4.78, 5) is 11.1. The second-order valence-corrected chi connectivity index (χ2v) is 3.93. The number of anilines is 1. The van der Waals surface area contributed by atoms with E-state index >= 15 is 0 Å². The van der Waals surface area contributed by atoms with Crippen molar-refractivity contribution in [3.8, 4) is 0 Å². The minimum absolute atomic E-state index is 0. The molecule has 0 unspecified atom stereocenters. The fourth-order valence-electron chi connectivity index (χ4n) is 1.67. The second kappa shape index (κ2) is 8.25. The number of nitrogens with one attached hydrogen (secondary N) is 1. The first-order valence-corrected chi connectivity index (χ1v) is 5.94. The van der Waals surface area contributed by atoms with Gasteiger partial charge < -0.3 is 22.6 Å². The molecule has 0 amide bonds. The number of nitrogens with zero attached hydrogens (tertiary/aromatic N) is 3. The Kier molecular flexibility index (Phi) is 7.83. The standard InChI is InChI=1S/C12H22N4.ClH/c1-5-16(6-2)8-7-13-12-14-10(3)9-11(4)15-12;/h9H,5-8H2,1-4H3,(H,13,14,15);1H/p-1. The first kappa shape index (κ1) is 16.1. The molecule has 0 aliphatic rings. The maximum Gasteiger partial charge on any atom is 0.223 e. The minimum Gasteiger partial charge on any atom is -1.00 e. The van der Waals surface area contributed by atoms with Gasteiger partial charge in [-0.3, -0.25) is 0 Å². The van der Waals surface area contributed by atoms with Crippen molar-refractivity contribution in [1.29, 1.82) is 0 Å². The van der Waals surface area contributed by atoms with Gasteiger partial charge in [0.2, 0.25) is 5.95 Å². The third-order valence-electron chi connectivity index (χ3n) is 2.59. The summed E-state index contributed by atoms with van der Waals surface area (Å²) >= 11 is 0. The van der Waals surface area contributed by atoms with Crippen molar-refractivity contribution in [3.63, 3.8) is 0 Å². The average molecular weight is 258 g/mol. The highest BCUT2D eigenvalue weighted by atomic mass is 35.5. The van der Waals surface area contributed by atoms with Gasteiger partial charge in [0.05, 0.1) is 0 Å². The van der Waals surface area contributed by atoms with Gasteiger partial charge in [-0.15, -0.1) is 0 Å². The Labute approximate surface area is 110 Å². The predicted octanol–water partition coefficient (Wildman–Crippen LogP) is -1.15. The van der Waals surface area contributed by atoms with Gasteiger partial charge in [-0.05, 0) is 33.0 Å². The van der Waals surface area contributed by atoms with Crippen molar-refractivity contribution in [1.82, 2.24) is 14.9 Å². The summed E-state index contributed by atoms with van der Waals surface area (Å²) in [5, 5.41) is 3.26. The normalized spacial score (nSPS) is 10.2. The zero-order valence-corrected chi connectivity index (χ0v) is 11.9. The minimum atomic E-state index is 0. The molecular weight excluding hydrogens is 236 g/mol. The van der Waals surface area contributed by atoms with E-state index in [1.165, 1.54) is 0 Å². The Morgan fingerprint density at radius 3 is 2.12 bits per heavy atom. The van der Waals surface area contributed by atoms with Crippen LogP contribution in [0.2, 0.25) is 0 Å². The molecule has 1 rings (SSSR count). The molecule has 0 spiro atoms. The first-order valence-electron chi connectivity index (χ1n) is 5.94. The average Bonchev–Trinajstić information content (AvgIpc) is 2.23. The molecule has 0 radical (unpaired) electrons. The van der Waals surface area contributed by atoms with Crippen LogP contribution in [0.25, 0.3) is 0 Å². The smallest absolute Gasteiger partial charge is 0.223 e. The van der Waals surface area contributed by atoms with Gasteiger partial charge in [0, 0.05) is 24.5 Å². The van der Waals surface area contributed by atoms with Crippen LogP contribution in [0.1, 0.15) is 25.2 Å². The van der Waals surface area contributed by atoms with Crippen LogP contribution in [0.5, 0.6) is 0 Å². The van der Waals surface area contributed by atoms with Crippen molar-refractivity contribution in [3.05, 3.63) is 17.5 Å². The molecule has 0 atom stereocenters. The summed E-state index contributed by atoms with van der Waals surface area (Å²) in [5.41, 5.74) is 2.02. The van der Waals surface area contributed by atoms with E-state index in [4.69, 9.17) is 0 Å². The highest BCUT2D eigenvalue weighted by Gasteiger charge is 2.01. The van der Waals surface area contributed by atoms with E-state index in [2.05, 4.69) is 34.0 Å². The summed E-state index contributed by atoms with van der Waals surface area (Å²) in [5.74, 6) is 0.740. The van der Waals surface area contributed by atoms with Gasteiger partial charge in [-0.1, -0.05) is 13.8 Å². The molecule has 4 nitrogen and oxygen atoms in total. The van der Waals surface area contributed by atoms with E-state index in [9.17, 15) is 0 Å². The molecule has 0 fully saturated rings. The maximum atomic E-state index is 4.34. The molecule has 0 aromatic carbocycles. The summed E-state index contributed by atoms with van der Waals surface area (Å²) in [6.07, 6.45) is 0. The largest absolute Gasteiger partial charge is 1.00 e. The van der Waals surface area contributed by atoms with E-state index in [1.807, 2.05) is 19.9 Å². The van der Waals surface area contributed by atoms with Crippen LogP contribution in [0.15, 0.2) is 6.07 Å². The van der Waals surface area contributed by atoms with Gasteiger partial charge in [0.15, 0.2) is 0 Å². The van der Waals surface area contributed by atoms with Gasteiger partial charge >= 0.3 is 0 Å². The number of hydrogen-bond donors (Lipinski definition) is 1. The first-order chi connectivity index (χ1) is 7.65. The third-order valence-corrected chi connectivity index (χ3v) is 2.59. The Bertz CT molecular complexity index is 306. The lowest BCUT2D eigenvalue weighted by atomic mass is 10.3. The van der Waals surface area contributed by atoms with Crippen molar-refractivity contribution in [2.45, 2.75) is 27.7 Å². The van der Waals surface area contributed by atoms with Gasteiger partial charge in [0.25, 0.3) is 0 Å². The highest BCUT2D eigenvalue weighted by molar-refractivity contribution is 5.27. The molecule has 98 valence electrons. The number of halogens is 1. The summed E-state index contributed by atoms with van der Waals surface area (Å²) < 4.78 is 0. The van der Waals surface area contributed by atoms with E-state index in [0.717, 1.165) is 43.5 Å². The quantitative estimate of drug-likeness (QED) is 0.699. The van der Waals surface area contributed by atoms with Crippen LogP contribution in [-0.4, -0.2) is 41.0 Å². The molecule has 0 bridgehead atoms. The highest BCUT2D eigenvalue weighted by Crippen LogP contribution is 2.03. The molecule has 1 aromatic rings. The molecule has 0 aliphatic carbocycles. The Balaban J connectivity index is 0.00000256. The van der Waals surface area contributed by atoms with Crippen LogP contribution in [-0.2, 0) is 0 Å². The van der Waals surface area contributed by atoms with Gasteiger partial charge in [0.1, 0.15) is 0 Å². The molecule has 0 aliphatic heterocycles. The molecule has 0 saturated carbocycles. The van der Waals surface area contributed by atoms with Crippen molar-refractivity contribution in [2.24, 2.45) is 0 Å². The van der Waals surface area contributed by atoms with E-state index in [1.54, 1.807) is 0 Å². The SMILES string of the molecule is CCN(CC)CCNc1nc(C)cc(C)n1.[Cl-]. The topological polar surface area (TPSA) is 41.0 Å². The summed E-state index contributed by atoms with van der Waals surface area (Å²) in [7, 11) is 0. The van der Waals surface area contributed by atoms with Crippen molar-refractivity contribution in [2.75, 3.05) is 31.5 Å². The van der Waals surface area contributed by atoms with Crippen molar-refractivity contribution < 1.29 is 12.4 Å². The number of aryl methyl sites for hydroxylation is 2. The van der Waals surface area contributed by atoms with E-state index in [0.29, 0.717) is 0 Å². The zero-order chi connectivity index (χ0) is 12.0. The molecule has 1 aromatic heterocycles. The number of hydrogen-bond acceptors (Lipinski definition) is 4. The zero-order valence-electron chi connectivity index (χ0n) is 11.1. The second-order valence-electron chi connectivity index (χ2n) is 3.93. The van der Waals surface area contributed by atoms with Crippen LogP contribution < -0.4 is 17.7 Å². The Morgan fingerprint density at radius 1 is 1.12 bits per heavy atom. The summed E-state index contributed by atoms with van der Waals surface area (Å²) in [6.45, 7) is 12.4. The molecule has 5 heteroatoms. The monoisotopic (exact) mass is 257 g/mol. The third kappa shape index (κ3) is 5.84. The summed E-state index contributed by atoms with van der Waals surface area (Å²) in [6, 6.07) is 1.98. The predicted molar refractivity (Wildman–Crippen MR) is 67.8 cm³/mol. The van der Waals surface area contributed by atoms with Crippen LogP contribution in [0.3, 0.4) is 0 Å². The fraction of sp³-hybridized carbons (Fsp3) is 0.667. The Morgan fingerprint density at radius 2 is 1.65 bits per heavy atom. The number of aromatic nitrogens is 2. The van der Waals surface area contributed by atoms with Crippen LogP contribution in [0, 0.1) is 13.8 Å². The molecular formula is C12H22ClN4-. The number of rotatable bonds is 6. The Hall–Kier alpha value is -0.870. The van der Waals surface area contributed by atoms with Gasteiger partial charge in [-0.2, -0.15) is 0 Å².